The second-order valence-corrected chi connectivity index (χ2v) is 6.64. The van der Waals surface area contributed by atoms with E-state index in [9.17, 15) is 4.39 Å². The Bertz CT molecular complexity index is 935. The maximum Gasteiger partial charge on any atom is 0.225 e. The highest BCUT2D eigenvalue weighted by atomic mass is 19.1. The molecule has 27 heavy (non-hydrogen) atoms. The average Bonchev–Trinajstić information content (AvgIpc) is 3.10. The summed E-state index contributed by atoms with van der Waals surface area (Å²) < 4.78 is 21.3. The molecule has 3 aromatic rings. The van der Waals surface area contributed by atoms with Crippen LogP contribution in [-0.4, -0.2) is 43.9 Å². The quantitative estimate of drug-likeness (QED) is 0.705. The first kappa shape index (κ1) is 17.4. The predicted octanol–water partition coefficient (Wildman–Crippen LogP) is 2.77. The van der Waals surface area contributed by atoms with Gasteiger partial charge in [0.25, 0.3) is 0 Å². The number of hydrogen-bond donors (Lipinski definition) is 0. The molecule has 8 heteroatoms. The number of ether oxygens (including phenoxy) is 1. The number of anilines is 1. The molecule has 0 atom stereocenters. The van der Waals surface area contributed by atoms with Crippen LogP contribution in [0.1, 0.15) is 18.4 Å². The number of aromatic nitrogens is 5. The van der Waals surface area contributed by atoms with Gasteiger partial charge in [-0.3, -0.25) is 0 Å². The molecule has 0 saturated carbocycles. The third kappa shape index (κ3) is 3.60. The van der Waals surface area contributed by atoms with Crippen molar-refractivity contribution in [3.8, 4) is 17.3 Å². The maximum atomic E-state index is 13.8. The van der Waals surface area contributed by atoms with E-state index in [0.717, 1.165) is 37.2 Å². The van der Waals surface area contributed by atoms with Crippen LogP contribution in [0, 0.1) is 12.7 Å². The topological polar surface area (TPSA) is 69.0 Å². The largest absolute Gasteiger partial charge is 0.487 e. The van der Waals surface area contributed by atoms with Crippen molar-refractivity contribution < 1.29 is 9.13 Å². The van der Waals surface area contributed by atoms with Crippen LogP contribution in [0.2, 0.25) is 0 Å². The van der Waals surface area contributed by atoms with Crippen molar-refractivity contribution in [1.82, 2.24) is 24.7 Å². The van der Waals surface area contributed by atoms with Crippen molar-refractivity contribution in [1.29, 1.82) is 0 Å². The fourth-order valence-electron chi connectivity index (χ4n) is 3.22. The minimum atomic E-state index is -0.324. The Morgan fingerprint density at radius 3 is 2.63 bits per heavy atom. The van der Waals surface area contributed by atoms with Crippen LogP contribution in [0.15, 0.2) is 36.8 Å². The molecule has 0 amide bonds. The van der Waals surface area contributed by atoms with Gasteiger partial charge in [0.2, 0.25) is 5.95 Å². The van der Waals surface area contributed by atoms with Crippen molar-refractivity contribution in [2.24, 2.45) is 7.05 Å². The summed E-state index contributed by atoms with van der Waals surface area (Å²) in [5, 5.41) is 4.12. The van der Waals surface area contributed by atoms with Gasteiger partial charge in [-0.2, -0.15) is 5.10 Å². The summed E-state index contributed by atoms with van der Waals surface area (Å²) in [6.07, 6.45) is 4.88. The lowest BCUT2D eigenvalue weighted by Crippen LogP contribution is -2.39. The molecule has 2 aromatic heterocycles. The van der Waals surface area contributed by atoms with Crippen LogP contribution in [0.3, 0.4) is 0 Å². The molecule has 140 valence electrons. The standard InChI is InChI=1S/C19H21FN6O/c1-13-11-21-19(24-17(13)18-22-12-23-25(18)2)26-9-7-14(8-10-26)27-16-6-4-3-5-15(16)20/h3-6,11-12,14H,7-10H2,1-2H3. The van der Waals surface area contributed by atoms with Gasteiger partial charge in [0.05, 0.1) is 0 Å². The molecular formula is C19H21FN6O. The molecule has 0 N–H and O–H groups in total. The number of aryl methyl sites for hydroxylation is 2. The molecule has 1 aliphatic rings. The van der Waals surface area contributed by atoms with Gasteiger partial charge in [0.15, 0.2) is 17.4 Å². The van der Waals surface area contributed by atoms with Crippen molar-refractivity contribution >= 4 is 5.95 Å². The zero-order chi connectivity index (χ0) is 18.8. The van der Waals surface area contributed by atoms with Gasteiger partial charge in [-0.25, -0.2) is 24.0 Å². The molecule has 0 bridgehead atoms. The van der Waals surface area contributed by atoms with E-state index >= 15 is 0 Å². The van der Waals surface area contributed by atoms with Crippen molar-refractivity contribution in [3.05, 3.63) is 48.2 Å². The van der Waals surface area contributed by atoms with E-state index < -0.39 is 0 Å². The maximum absolute atomic E-state index is 13.8. The first-order valence-electron chi connectivity index (χ1n) is 8.96. The van der Waals surface area contributed by atoms with Crippen LogP contribution in [0.5, 0.6) is 5.75 Å². The molecule has 7 nitrogen and oxygen atoms in total. The molecule has 4 rings (SSSR count). The second kappa shape index (κ2) is 7.30. The third-order valence-corrected chi connectivity index (χ3v) is 4.74. The lowest BCUT2D eigenvalue weighted by atomic mass is 10.1. The number of piperidine rings is 1. The van der Waals surface area contributed by atoms with Gasteiger partial charge >= 0.3 is 0 Å². The van der Waals surface area contributed by atoms with Crippen LogP contribution >= 0.6 is 0 Å². The van der Waals surface area contributed by atoms with E-state index in [1.54, 1.807) is 22.9 Å². The number of nitrogens with zero attached hydrogens (tertiary/aromatic N) is 6. The highest BCUT2D eigenvalue weighted by Gasteiger charge is 2.24. The SMILES string of the molecule is Cc1cnc(N2CCC(Oc3ccccc3F)CC2)nc1-c1ncnn1C. The van der Waals surface area contributed by atoms with Crippen LogP contribution in [-0.2, 0) is 7.05 Å². The van der Waals surface area contributed by atoms with Gasteiger partial charge in [0, 0.05) is 39.2 Å². The number of rotatable bonds is 4. The van der Waals surface area contributed by atoms with E-state index in [2.05, 4.69) is 20.0 Å². The fourth-order valence-corrected chi connectivity index (χ4v) is 3.22. The van der Waals surface area contributed by atoms with Gasteiger partial charge in [-0.05, 0) is 24.6 Å². The second-order valence-electron chi connectivity index (χ2n) is 6.64. The molecule has 1 saturated heterocycles. The highest BCUT2D eigenvalue weighted by Crippen LogP contribution is 2.25. The van der Waals surface area contributed by atoms with Gasteiger partial charge in [-0.1, -0.05) is 12.1 Å². The lowest BCUT2D eigenvalue weighted by molar-refractivity contribution is 0.163. The Morgan fingerprint density at radius 2 is 1.93 bits per heavy atom. The van der Waals surface area contributed by atoms with E-state index in [1.165, 1.54) is 12.4 Å². The lowest BCUT2D eigenvalue weighted by Gasteiger charge is -2.32. The fraction of sp³-hybridized carbons (Fsp3) is 0.368. The summed E-state index contributed by atoms with van der Waals surface area (Å²) in [5.41, 5.74) is 1.73. The molecular weight excluding hydrogens is 347 g/mol. The van der Waals surface area contributed by atoms with E-state index in [4.69, 9.17) is 9.72 Å². The Morgan fingerprint density at radius 1 is 1.15 bits per heavy atom. The van der Waals surface area contributed by atoms with Crippen LogP contribution in [0.25, 0.3) is 11.5 Å². The minimum Gasteiger partial charge on any atom is -0.487 e. The van der Waals surface area contributed by atoms with Gasteiger partial charge in [0.1, 0.15) is 18.1 Å². The van der Waals surface area contributed by atoms with Gasteiger partial charge < -0.3 is 9.64 Å². The van der Waals surface area contributed by atoms with E-state index in [-0.39, 0.29) is 11.9 Å². The van der Waals surface area contributed by atoms with Gasteiger partial charge in [-0.15, -0.1) is 0 Å². The Hall–Kier alpha value is -3.03. The minimum absolute atomic E-state index is 0.0122. The molecule has 0 spiro atoms. The number of benzene rings is 1. The van der Waals surface area contributed by atoms with Crippen molar-refractivity contribution in [2.75, 3.05) is 18.0 Å². The molecule has 0 radical (unpaired) electrons. The Labute approximate surface area is 156 Å². The van der Waals surface area contributed by atoms with Crippen molar-refractivity contribution in [2.45, 2.75) is 25.9 Å². The molecule has 1 aromatic carbocycles. The predicted molar refractivity (Wildman–Crippen MR) is 99.0 cm³/mol. The first-order valence-corrected chi connectivity index (χ1v) is 8.96. The van der Waals surface area contributed by atoms with E-state index in [1.807, 2.05) is 20.2 Å². The highest BCUT2D eigenvalue weighted by molar-refractivity contribution is 5.56. The summed E-state index contributed by atoms with van der Waals surface area (Å²) in [6.45, 7) is 3.46. The molecule has 1 fully saturated rings. The van der Waals surface area contributed by atoms with E-state index in [0.29, 0.717) is 17.5 Å². The Kier molecular flexibility index (Phi) is 4.70. The third-order valence-electron chi connectivity index (χ3n) is 4.74. The zero-order valence-corrected chi connectivity index (χ0v) is 15.3. The molecule has 3 heterocycles. The van der Waals surface area contributed by atoms with Crippen molar-refractivity contribution in [3.63, 3.8) is 0 Å². The summed E-state index contributed by atoms with van der Waals surface area (Å²) in [5.74, 6) is 1.37. The molecule has 0 unspecified atom stereocenters. The molecule has 0 aliphatic carbocycles. The molecule has 1 aliphatic heterocycles. The average molecular weight is 368 g/mol. The van der Waals surface area contributed by atoms with Crippen LogP contribution < -0.4 is 9.64 Å². The normalized spacial score (nSPS) is 15.1. The number of para-hydroxylation sites is 1. The summed E-state index contributed by atoms with van der Waals surface area (Å²) in [6, 6.07) is 6.52. The first-order chi connectivity index (χ1) is 13.1. The summed E-state index contributed by atoms with van der Waals surface area (Å²) in [7, 11) is 1.84. The summed E-state index contributed by atoms with van der Waals surface area (Å²) >= 11 is 0. The summed E-state index contributed by atoms with van der Waals surface area (Å²) in [4.78, 5) is 15.6. The monoisotopic (exact) mass is 368 g/mol. The zero-order valence-electron chi connectivity index (χ0n) is 15.3. The van der Waals surface area contributed by atoms with Crippen LogP contribution in [0.4, 0.5) is 10.3 Å². The number of hydrogen-bond acceptors (Lipinski definition) is 6. The smallest absolute Gasteiger partial charge is 0.225 e. The Balaban J connectivity index is 1.46. The number of halogens is 1.